The summed E-state index contributed by atoms with van der Waals surface area (Å²) in [5.74, 6) is -0.679. The molecule has 2 aromatic rings. The average molecular weight is 439 g/mol. The third-order valence-electron chi connectivity index (χ3n) is 4.89. The van der Waals surface area contributed by atoms with Gasteiger partial charge in [-0.05, 0) is 72.4 Å². The summed E-state index contributed by atoms with van der Waals surface area (Å²) in [6.07, 6.45) is 1.85. The molecule has 0 aliphatic heterocycles. The summed E-state index contributed by atoms with van der Waals surface area (Å²) >= 11 is 5.08. The van der Waals surface area contributed by atoms with Gasteiger partial charge in [-0.25, -0.2) is 0 Å². The lowest BCUT2D eigenvalue weighted by Gasteiger charge is -2.19. The number of carbonyl (C=O) groups excluding carboxylic acids is 3. The van der Waals surface area contributed by atoms with Gasteiger partial charge in [0.2, 0.25) is 5.91 Å². The second kappa shape index (κ2) is 9.26. The van der Waals surface area contributed by atoms with Gasteiger partial charge in [-0.15, -0.1) is 0 Å². The van der Waals surface area contributed by atoms with Crippen LogP contribution in [-0.2, 0) is 10.2 Å². The standard InChI is InChI=1S/C23H26N4O3S/c1-23(2,3)17-10-6-15(7-11-17)20(29)25-22(31)27-26-21(30)16-8-12-18(13-9-16)24-19(28)14-4-5-14/h6-14H,4-5H2,1-3H3,(H,24,28)(H,26,30)(H2,25,27,29,31). The van der Waals surface area contributed by atoms with E-state index in [1.165, 1.54) is 0 Å². The summed E-state index contributed by atoms with van der Waals surface area (Å²) in [5, 5.41) is 5.32. The fraction of sp³-hybridized carbons (Fsp3) is 0.304. The van der Waals surface area contributed by atoms with Crippen LogP contribution >= 0.6 is 12.2 Å². The molecule has 3 amide bonds. The number of rotatable bonds is 4. The van der Waals surface area contributed by atoms with Crippen LogP contribution in [0.3, 0.4) is 0 Å². The molecule has 0 radical (unpaired) electrons. The number of hydrazine groups is 1. The molecular weight excluding hydrogens is 412 g/mol. The van der Waals surface area contributed by atoms with E-state index in [9.17, 15) is 14.4 Å². The highest BCUT2D eigenvalue weighted by Crippen LogP contribution is 2.30. The molecule has 0 bridgehead atoms. The summed E-state index contributed by atoms with van der Waals surface area (Å²) < 4.78 is 0. The minimum Gasteiger partial charge on any atom is -0.326 e. The van der Waals surface area contributed by atoms with Crippen LogP contribution in [0, 0.1) is 5.92 Å². The van der Waals surface area contributed by atoms with Gasteiger partial charge >= 0.3 is 0 Å². The molecule has 7 nitrogen and oxygen atoms in total. The topological polar surface area (TPSA) is 99.3 Å². The Labute approximate surface area is 187 Å². The maximum Gasteiger partial charge on any atom is 0.269 e. The van der Waals surface area contributed by atoms with Crippen LogP contribution in [-0.4, -0.2) is 22.8 Å². The van der Waals surface area contributed by atoms with Crippen LogP contribution in [0.25, 0.3) is 0 Å². The Kier molecular flexibility index (Phi) is 6.70. The Bertz CT molecular complexity index is 991. The van der Waals surface area contributed by atoms with Crippen LogP contribution < -0.4 is 21.5 Å². The normalized spacial score (nSPS) is 13.1. The largest absolute Gasteiger partial charge is 0.326 e. The molecule has 1 aliphatic rings. The molecule has 0 saturated heterocycles. The van der Waals surface area contributed by atoms with Gasteiger partial charge < -0.3 is 5.32 Å². The second-order valence-corrected chi connectivity index (χ2v) is 8.94. The van der Waals surface area contributed by atoms with E-state index in [4.69, 9.17) is 12.2 Å². The van der Waals surface area contributed by atoms with E-state index in [0.717, 1.165) is 18.4 Å². The molecule has 2 aromatic carbocycles. The van der Waals surface area contributed by atoms with E-state index in [2.05, 4.69) is 42.3 Å². The molecule has 1 aliphatic carbocycles. The predicted octanol–water partition coefficient (Wildman–Crippen LogP) is 3.28. The highest BCUT2D eigenvalue weighted by atomic mass is 32.1. The first-order valence-corrected chi connectivity index (χ1v) is 10.5. The lowest BCUT2D eigenvalue weighted by atomic mass is 9.87. The zero-order valence-electron chi connectivity index (χ0n) is 17.7. The first-order chi connectivity index (χ1) is 14.6. The number of hydrogen-bond donors (Lipinski definition) is 4. The fourth-order valence-corrected chi connectivity index (χ4v) is 2.95. The molecule has 0 heterocycles. The quantitative estimate of drug-likeness (QED) is 0.434. The summed E-state index contributed by atoms with van der Waals surface area (Å²) in [6.45, 7) is 6.30. The van der Waals surface area contributed by atoms with E-state index < -0.39 is 5.91 Å². The van der Waals surface area contributed by atoms with E-state index in [0.29, 0.717) is 16.8 Å². The highest BCUT2D eigenvalue weighted by molar-refractivity contribution is 7.80. The summed E-state index contributed by atoms with van der Waals surface area (Å²) in [7, 11) is 0. The molecule has 0 aromatic heterocycles. The van der Waals surface area contributed by atoms with Crippen molar-refractivity contribution in [3.8, 4) is 0 Å². The van der Waals surface area contributed by atoms with Gasteiger partial charge in [0, 0.05) is 22.7 Å². The SMILES string of the molecule is CC(C)(C)c1ccc(C(=O)NC(=S)NNC(=O)c2ccc(NC(=O)C3CC3)cc2)cc1. The minimum absolute atomic E-state index is 0.00282. The van der Waals surface area contributed by atoms with Crippen LogP contribution in [0.15, 0.2) is 48.5 Å². The van der Waals surface area contributed by atoms with Crippen molar-refractivity contribution >= 4 is 40.7 Å². The van der Waals surface area contributed by atoms with Crippen molar-refractivity contribution in [2.24, 2.45) is 5.92 Å². The summed E-state index contributed by atoms with van der Waals surface area (Å²) in [4.78, 5) is 36.4. The van der Waals surface area contributed by atoms with Crippen molar-refractivity contribution in [2.75, 3.05) is 5.32 Å². The lowest BCUT2D eigenvalue weighted by molar-refractivity contribution is -0.117. The van der Waals surface area contributed by atoms with Crippen LogP contribution in [0.1, 0.15) is 59.9 Å². The van der Waals surface area contributed by atoms with E-state index in [1.54, 1.807) is 36.4 Å². The van der Waals surface area contributed by atoms with Crippen LogP contribution in [0.5, 0.6) is 0 Å². The number of thiocarbonyl (C=S) groups is 1. The van der Waals surface area contributed by atoms with Gasteiger partial charge in [0.05, 0.1) is 0 Å². The van der Waals surface area contributed by atoms with Crippen molar-refractivity contribution in [1.82, 2.24) is 16.2 Å². The second-order valence-electron chi connectivity index (χ2n) is 8.53. The Morgan fingerprint density at radius 3 is 1.94 bits per heavy atom. The Morgan fingerprint density at radius 2 is 1.39 bits per heavy atom. The average Bonchev–Trinajstić information content (AvgIpc) is 3.57. The van der Waals surface area contributed by atoms with Crippen LogP contribution in [0.4, 0.5) is 5.69 Å². The third kappa shape index (κ3) is 6.36. The molecule has 4 N–H and O–H groups in total. The monoisotopic (exact) mass is 438 g/mol. The zero-order valence-corrected chi connectivity index (χ0v) is 18.6. The number of nitrogens with one attached hydrogen (secondary N) is 4. The molecule has 0 unspecified atom stereocenters. The van der Waals surface area contributed by atoms with Gasteiger partial charge in [0.25, 0.3) is 11.8 Å². The molecule has 0 spiro atoms. The Morgan fingerprint density at radius 1 is 0.839 bits per heavy atom. The number of anilines is 1. The highest BCUT2D eigenvalue weighted by Gasteiger charge is 2.29. The minimum atomic E-state index is -0.425. The molecule has 1 fully saturated rings. The zero-order chi connectivity index (χ0) is 22.6. The lowest BCUT2D eigenvalue weighted by Crippen LogP contribution is -2.48. The van der Waals surface area contributed by atoms with Gasteiger partial charge in [0.1, 0.15) is 0 Å². The summed E-state index contributed by atoms with van der Waals surface area (Å²) in [6, 6.07) is 13.8. The van der Waals surface area contributed by atoms with Crippen LogP contribution in [0.2, 0.25) is 0 Å². The van der Waals surface area contributed by atoms with E-state index in [-0.39, 0.29) is 28.3 Å². The van der Waals surface area contributed by atoms with Crippen molar-refractivity contribution in [3.63, 3.8) is 0 Å². The van der Waals surface area contributed by atoms with Crippen molar-refractivity contribution in [2.45, 2.75) is 39.0 Å². The number of benzene rings is 2. The molecular formula is C23H26N4O3S. The van der Waals surface area contributed by atoms with Gasteiger partial charge in [0.15, 0.2) is 5.11 Å². The van der Waals surface area contributed by atoms with Crippen molar-refractivity contribution < 1.29 is 14.4 Å². The Balaban J connectivity index is 1.46. The first-order valence-electron chi connectivity index (χ1n) is 10.1. The third-order valence-corrected chi connectivity index (χ3v) is 5.10. The smallest absolute Gasteiger partial charge is 0.269 e. The maximum absolute atomic E-state index is 12.3. The first kappa shape index (κ1) is 22.4. The number of carbonyl (C=O) groups is 3. The number of hydrogen-bond acceptors (Lipinski definition) is 4. The summed E-state index contributed by atoms with van der Waals surface area (Å²) in [5.41, 5.74) is 7.56. The van der Waals surface area contributed by atoms with Crippen molar-refractivity contribution in [3.05, 3.63) is 65.2 Å². The Hall–Kier alpha value is -3.26. The molecule has 1 saturated carbocycles. The van der Waals surface area contributed by atoms with Gasteiger partial charge in [-0.1, -0.05) is 32.9 Å². The molecule has 8 heteroatoms. The molecule has 0 atom stereocenters. The maximum atomic E-state index is 12.3. The fourth-order valence-electron chi connectivity index (χ4n) is 2.81. The van der Waals surface area contributed by atoms with Gasteiger partial charge in [-0.3, -0.25) is 30.6 Å². The van der Waals surface area contributed by atoms with Gasteiger partial charge in [-0.2, -0.15) is 0 Å². The predicted molar refractivity (Wildman–Crippen MR) is 124 cm³/mol. The molecule has 31 heavy (non-hydrogen) atoms. The van der Waals surface area contributed by atoms with E-state index in [1.807, 2.05) is 12.1 Å². The van der Waals surface area contributed by atoms with E-state index >= 15 is 0 Å². The molecule has 162 valence electrons. The number of amides is 3. The molecule has 3 rings (SSSR count). The van der Waals surface area contributed by atoms with Crippen molar-refractivity contribution in [1.29, 1.82) is 0 Å².